The van der Waals surface area contributed by atoms with Crippen molar-refractivity contribution in [2.24, 2.45) is 11.7 Å². The molecule has 0 aliphatic heterocycles. The Balaban J connectivity index is 0.00000112. The lowest BCUT2D eigenvalue weighted by molar-refractivity contribution is 0.466. The molecular weight excluding hydrogens is 439 g/mol. The van der Waals surface area contributed by atoms with Crippen molar-refractivity contribution < 1.29 is 5.11 Å². The predicted octanol–water partition coefficient (Wildman–Crippen LogP) is 3.43. The molecule has 15 heavy (non-hydrogen) atoms. The maximum Gasteiger partial charge on any atom is 0.142 e. The van der Waals surface area contributed by atoms with Gasteiger partial charge in [-0.25, -0.2) is 0 Å². The molecule has 0 radical (unpaired) electrons. The van der Waals surface area contributed by atoms with Gasteiger partial charge in [-0.15, -0.1) is 12.4 Å². The van der Waals surface area contributed by atoms with E-state index in [1.165, 1.54) is 12.8 Å². The van der Waals surface area contributed by atoms with Gasteiger partial charge in [-0.1, -0.05) is 0 Å². The molecule has 0 spiro atoms. The van der Waals surface area contributed by atoms with Crippen LogP contribution in [0.1, 0.15) is 24.4 Å². The molecule has 1 aromatic carbocycles. The van der Waals surface area contributed by atoms with Crippen LogP contribution in [0.25, 0.3) is 0 Å². The van der Waals surface area contributed by atoms with Crippen LogP contribution in [-0.2, 0) is 0 Å². The third-order valence-electron chi connectivity index (χ3n) is 2.55. The van der Waals surface area contributed by atoms with Crippen LogP contribution in [0.4, 0.5) is 0 Å². The fourth-order valence-corrected chi connectivity index (χ4v) is 3.32. The summed E-state index contributed by atoms with van der Waals surface area (Å²) in [4.78, 5) is 0. The molecule has 1 aliphatic rings. The minimum Gasteiger partial charge on any atom is -0.506 e. The largest absolute Gasteiger partial charge is 0.506 e. The zero-order valence-electron chi connectivity index (χ0n) is 7.91. The molecule has 0 amide bonds. The third-order valence-corrected chi connectivity index (χ3v) is 4.20. The Kier molecular flexibility index (Phi) is 4.94. The van der Waals surface area contributed by atoms with E-state index < -0.39 is 0 Å². The second-order valence-corrected chi connectivity index (χ2v) is 6.02. The number of benzene rings is 1. The van der Waals surface area contributed by atoms with Crippen LogP contribution < -0.4 is 5.73 Å². The molecular formula is C10H12ClI2NO. The van der Waals surface area contributed by atoms with Gasteiger partial charge >= 0.3 is 0 Å². The molecule has 3 N–H and O–H groups in total. The van der Waals surface area contributed by atoms with Crippen LogP contribution in [0.3, 0.4) is 0 Å². The summed E-state index contributed by atoms with van der Waals surface area (Å²) in [6, 6.07) is 4.12. The van der Waals surface area contributed by atoms with Gasteiger partial charge in [0.1, 0.15) is 5.75 Å². The highest BCUT2D eigenvalue weighted by Crippen LogP contribution is 2.41. The van der Waals surface area contributed by atoms with E-state index in [0.29, 0.717) is 11.7 Å². The van der Waals surface area contributed by atoms with Gasteiger partial charge in [0, 0.05) is 6.04 Å². The van der Waals surface area contributed by atoms with E-state index in [1.807, 2.05) is 12.1 Å². The second kappa shape index (κ2) is 5.37. The first-order chi connectivity index (χ1) is 6.59. The number of phenolic OH excluding ortho intramolecular Hbond substituents is 1. The summed E-state index contributed by atoms with van der Waals surface area (Å²) in [7, 11) is 0. The van der Waals surface area contributed by atoms with Crippen LogP contribution in [-0.4, -0.2) is 5.11 Å². The first-order valence-electron chi connectivity index (χ1n) is 4.53. The van der Waals surface area contributed by atoms with Crippen molar-refractivity contribution in [3.63, 3.8) is 0 Å². The highest BCUT2D eigenvalue weighted by Gasteiger charge is 2.30. The van der Waals surface area contributed by atoms with E-state index in [1.54, 1.807) is 0 Å². The Hall–Kier alpha value is 0.730. The maximum atomic E-state index is 9.61. The summed E-state index contributed by atoms with van der Waals surface area (Å²) < 4.78 is 1.78. The van der Waals surface area contributed by atoms with Crippen LogP contribution in [0.15, 0.2) is 12.1 Å². The zero-order chi connectivity index (χ0) is 10.3. The lowest BCUT2D eigenvalue weighted by atomic mass is 10.0. The molecule has 1 atom stereocenters. The molecule has 0 saturated heterocycles. The number of halogens is 3. The molecule has 0 unspecified atom stereocenters. The smallest absolute Gasteiger partial charge is 0.142 e. The first kappa shape index (κ1) is 13.8. The van der Waals surface area contributed by atoms with Gasteiger partial charge in [-0.3, -0.25) is 0 Å². The summed E-state index contributed by atoms with van der Waals surface area (Å²) in [5.74, 6) is 1.03. The molecule has 2 rings (SSSR count). The van der Waals surface area contributed by atoms with Gasteiger partial charge in [-0.05, 0) is 81.6 Å². The number of hydrogen-bond donors (Lipinski definition) is 2. The summed E-state index contributed by atoms with van der Waals surface area (Å²) in [6.07, 6.45) is 2.49. The quantitative estimate of drug-likeness (QED) is 0.677. The Morgan fingerprint density at radius 3 is 2.13 bits per heavy atom. The fourth-order valence-electron chi connectivity index (χ4n) is 1.51. The van der Waals surface area contributed by atoms with Crippen LogP contribution >= 0.6 is 57.6 Å². The molecule has 1 saturated carbocycles. The summed E-state index contributed by atoms with van der Waals surface area (Å²) in [5.41, 5.74) is 7.25. The lowest BCUT2D eigenvalue weighted by Gasteiger charge is -2.12. The monoisotopic (exact) mass is 451 g/mol. The van der Waals surface area contributed by atoms with Crippen molar-refractivity contribution in [3.8, 4) is 5.75 Å². The Bertz CT molecular complexity index is 345. The number of nitrogens with two attached hydrogens (primary N) is 1. The minimum absolute atomic E-state index is 0. The number of rotatable bonds is 2. The van der Waals surface area contributed by atoms with Crippen molar-refractivity contribution in [1.82, 2.24) is 0 Å². The van der Waals surface area contributed by atoms with E-state index in [0.717, 1.165) is 12.7 Å². The van der Waals surface area contributed by atoms with Crippen LogP contribution in [0, 0.1) is 13.1 Å². The second-order valence-electron chi connectivity index (χ2n) is 3.70. The van der Waals surface area contributed by atoms with Gasteiger partial charge in [-0.2, -0.15) is 0 Å². The van der Waals surface area contributed by atoms with Crippen molar-refractivity contribution in [1.29, 1.82) is 0 Å². The molecule has 0 heterocycles. The van der Waals surface area contributed by atoms with E-state index >= 15 is 0 Å². The summed E-state index contributed by atoms with van der Waals surface area (Å²) in [6.45, 7) is 0. The normalized spacial score (nSPS) is 17.0. The minimum atomic E-state index is 0. The number of aromatic hydroxyl groups is 1. The van der Waals surface area contributed by atoms with Crippen molar-refractivity contribution in [3.05, 3.63) is 24.8 Å². The van der Waals surface area contributed by atoms with Gasteiger partial charge in [0.25, 0.3) is 0 Å². The molecule has 0 bridgehead atoms. The molecule has 1 aliphatic carbocycles. The molecule has 0 aromatic heterocycles. The molecule has 1 fully saturated rings. The Morgan fingerprint density at radius 1 is 1.27 bits per heavy atom. The molecule has 1 aromatic rings. The van der Waals surface area contributed by atoms with Crippen molar-refractivity contribution in [2.45, 2.75) is 18.9 Å². The number of hydrogen-bond acceptors (Lipinski definition) is 2. The van der Waals surface area contributed by atoms with E-state index in [2.05, 4.69) is 45.2 Å². The highest BCUT2D eigenvalue weighted by atomic mass is 127. The Morgan fingerprint density at radius 2 is 1.73 bits per heavy atom. The van der Waals surface area contributed by atoms with E-state index in [9.17, 15) is 5.11 Å². The topological polar surface area (TPSA) is 46.2 Å². The van der Waals surface area contributed by atoms with E-state index in [-0.39, 0.29) is 18.4 Å². The van der Waals surface area contributed by atoms with Crippen molar-refractivity contribution in [2.75, 3.05) is 0 Å². The fraction of sp³-hybridized carbons (Fsp3) is 0.400. The average Bonchev–Trinajstić information content (AvgIpc) is 2.95. The standard InChI is InChI=1S/C10H11I2NO.ClH/c11-7-3-6(4-8(12)10(7)14)9(13)5-1-2-5;/h3-5,9,14H,1-2,13H2;1H/t9-;/m0./s1. The molecule has 5 heteroatoms. The predicted molar refractivity (Wildman–Crippen MR) is 80.4 cm³/mol. The molecule has 84 valence electrons. The highest BCUT2D eigenvalue weighted by molar-refractivity contribution is 14.1. The van der Waals surface area contributed by atoms with Crippen molar-refractivity contribution >= 4 is 57.6 Å². The summed E-state index contributed by atoms with van der Waals surface area (Å²) >= 11 is 4.28. The summed E-state index contributed by atoms with van der Waals surface area (Å²) in [5, 5.41) is 9.61. The molecule has 2 nitrogen and oxygen atoms in total. The zero-order valence-corrected chi connectivity index (χ0v) is 13.0. The third kappa shape index (κ3) is 3.10. The first-order valence-corrected chi connectivity index (χ1v) is 6.69. The van der Waals surface area contributed by atoms with Gasteiger partial charge in [0.15, 0.2) is 0 Å². The van der Waals surface area contributed by atoms with Gasteiger partial charge < -0.3 is 10.8 Å². The van der Waals surface area contributed by atoms with Gasteiger partial charge in [0.05, 0.1) is 7.14 Å². The SMILES string of the molecule is Cl.N[C@H](c1cc(I)c(O)c(I)c1)C1CC1. The lowest BCUT2D eigenvalue weighted by Crippen LogP contribution is -2.12. The van der Waals surface area contributed by atoms with Crippen LogP contribution in [0.5, 0.6) is 5.75 Å². The van der Waals surface area contributed by atoms with Crippen LogP contribution in [0.2, 0.25) is 0 Å². The average molecular weight is 451 g/mol. The van der Waals surface area contributed by atoms with Gasteiger partial charge in [0.2, 0.25) is 0 Å². The number of phenols is 1. The maximum absolute atomic E-state index is 9.61. The Labute approximate surface area is 123 Å². The van der Waals surface area contributed by atoms with E-state index in [4.69, 9.17) is 5.73 Å².